The number of carbonyl (C=O) groups excluding carboxylic acids is 1. The lowest BCUT2D eigenvalue weighted by Gasteiger charge is -2.26. The molecule has 2 unspecified atom stereocenters. The molecule has 0 aromatic rings. The molecular weight excluding hydrogens is 210 g/mol. The Morgan fingerprint density at radius 2 is 2.13 bits per heavy atom. The zero-order valence-electron chi connectivity index (χ0n) is 9.98. The van der Waals surface area contributed by atoms with E-state index in [1.54, 1.807) is 0 Å². The van der Waals surface area contributed by atoms with E-state index in [0.717, 1.165) is 19.3 Å². The molecule has 2 atom stereocenters. The highest BCUT2D eigenvalue weighted by molar-refractivity contribution is 6.18. The predicted molar refractivity (Wildman–Crippen MR) is 64.1 cm³/mol. The van der Waals surface area contributed by atoms with Crippen molar-refractivity contribution < 1.29 is 4.79 Å². The van der Waals surface area contributed by atoms with Gasteiger partial charge in [-0.1, -0.05) is 27.2 Å². The van der Waals surface area contributed by atoms with Gasteiger partial charge in [0, 0.05) is 17.3 Å². The minimum atomic E-state index is -0.251. The standard InChI is InChI=1S/C12H22ClNO/c1-4-12(2,3)11(15)14-10-7-5-6-9(10)8-13/h9-10H,4-8H2,1-3H3,(H,14,15). The summed E-state index contributed by atoms with van der Waals surface area (Å²) in [4.78, 5) is 12.0. The summed E-state index contributed by atoms with van der Waals surface area (Å²) in [5.74, 6) is 1.31. The van der Waals surface area contributed by atoms with Gasteiger partial charge >= 0.3 is 0 Å². The molecule has 1 saturated carbocycles. The molecule has 0 aromatic carbocycles. The van der Waals surface area contributed by atoms with E-state index in [0.29, 0.717) is 17.8 Å². The van der Waals surface area contributed by atoms with Crippen LogP contribution in [0.4, 0.5) is 0 Å². The Bertz CT molecular complexity index is 228. The van der Waals surface area contributed by atoms with Crippen LogP contribution in [0, 0.1) is 11.3 Å². The number of carbonyl (C=O) groups is 1. The normalized spacial score (nSPS) is 26.7. The predicted octanol–water partition coefficient (Wildman–Crippen LogP) is 2.95. The van der Waals surface area contributed by atoms with Crippen molar-refractivity contribution in [1.29, 1.82) is 0 Å². The molecule has 88 valence electrons. The molecule has 1 N–H and O–H groups in total. The molecule has 0 radical (unpaired) electrons. The fraction of sp³-hybridized carbons (Fsp3) is 0.917. The van der Waals surface area contributed by atoms with Gasteiger partial charge in [0.2, 0.25) is 5.91 Å². The molecule has 1 fully saturated rings. The van der Waals surface area contributed by atoms with Crippen LogP contribution in [0.2, 0.25) is 0 Å². The van der Waals surface area contributed by atoms with E-state index in [1.165, 1.54) is 6.42 Å². The lowest BCUT2D eigenvalue weighted by molar-refractivity contribution is -0.130. The molecule has 1 rings (SSSR count). The van der Waals surface area contributed by atoms with Gasteiger partial charge in [-0.05, 0) is 25.2 Å². The zero-order valence-corrected chi connectivity index (χ0v) is 10.7. The SMILES string of the molecule is CCC(C)(C)C(=O)NC1CCCC1CCl. The molecular formula is C12H22ClNO. The quantitative estimate of drug-likeness (QED) is 0.741. The summed E-state index contributed by atoms with van der Waals surface area (Å²) in [7, 11) is 0. The van der Waals surface area contributed by atoms with Gasteiger partial charge < -0.3 is 5.32 Å². The lowest BCUT2D eigenvalue weighted by Crippen LogP contribution is -2.44. The number of nitrogens with one attached hydrogen (secondary N) is 1. The molecule has 0 spiro atoms. The number of alkyl halides is 1. The Hall–Kier alpha value is -0.240. The average molecular weight is 232 g/mol. The van der Waals surface area contributed by atoms with Crippen molar-refractivity contribution in [3.63, 3.8) is 0 Å². The van der Waals surface area contributed by atoms with Crippen LogP contribution in [0.1, 0.15) is 46.5 Å². The first-order chi connectivity index (χ1) is 7.01. The van der Waals surface area contributed by atoms with E-state index < -0.39 is 0 Å². The Morgan fingerprint density at radius 3 is 2.67 bits per heavy atom. The monoisotopic (exact) mass is 231 g/mol. The number of amides is 1. The summed E-state index contributed by atoms with van der Waals surface area (Å²) in [6.45, 7) is 6.03. The van der Waals surface area contributed by atoms with Crippen LogP contribution in [0.15, 0.2) is 0 Å². The minimum absolute atomic E-state index is 0.173. The minimum Gasteiger partial charge on any atom is -0.353 e. The molecule has 0 bridgehead atoms. The topological polar surface area (TPSA) is 29.1 Å². The Labute approximate surface area is 97.8 Å². The van der Waals surface area contributed by atoms with Gasteiger partial charge in [-0.15, -0.1) is 11.6 Å². The first-order valence-corrected chi connectivity index (χ1v) is 6.41. The van der Waals surface area contributed by atoms with Gasteiger partial charge in [-0.3, -0.25) is 4.79 Å². The number of hydrogen-bond acceptors (Lipinski definition) is 1. The molecule has 0 aromatic heterocycles. The summed E-state index contributed by atoms with van der Waals surface area (Å²) < 4.78 is 0. The van der Waals surface area contributed by atoms with Crippen LogP contribution in [-0.4, -0.2) is 17.8 Å². The molecule has 3 heteroatoms. The first-order valence-electron chi connectivity index (χ1n) is 5.88. The van der Waals surface area contributed by atoms with Crippen LogP contribution in [-0.2, 0) is 4.79 Å². The highest BCUT2D eigenvalue weighted by Gasteiger charge is 2.32. The fourth-order valence-electron chi connectivity index (χ4n) is 1.94. The van der Waals surface area contributed by atoms with Crippen LogP contribution in [0.25, 0.3) is 0 Å². The average Bonchev–Trinajstić information content (AvgIpc) is 2.65. The van der Waals surface area contributed by atoms with Crippen LogP contribution >= 0.6 is 11.6 Å². The van der Waals surface area contributed by atoms with Crippen molar-refractivity contribution in [2.45, 2.75) is 52.5 Å². The summed E-state index contributed by atoms with van der Waals surface area (Å²) in [5.41, 5.74) is -0.251. The van der Waals surface area contributed by atoms with E-state index in [2.05, 4.69) is 5.32 Å². The zero-order chi connectivity index (χ0) is 11.5. The van der Waals surface area contributed by atoms with Gasteiger partial charge in [-0.2, -0.15) is 0 Å². The summed E-state index contributed by atoms with van der Waals surface area (Å²) in [6, 6.07) is 0.306. The molecule has 15 heavy (non-hydrogen) atoms. The molecule has 1 aliphatic rings. The highest BCUT2D eigenvalue weighted by atomic mass is 35.5. The third kappa shape index (κ3) is 3.10. The Kier molecular flexibility index (Phi) is 4.45. The second-order valence-corrected chi connectivity index (χ2v) is 5.47. The molecule has 0 aliphatic heterocycles. The number of halogens is 1. The van der Waals surface area contributed by atoms with Crippen molar-refractivity contribution in [2.75, 3.05) is 5.88 Å². The van der Waals surface area contributed by atoms with Crippen LogP contribution in [0.5, 0.6) is 0 Å². The van der Waals surface area contributed by atoms with Gasteiger partial charge in [0.05, 0.1) is 0 Å². The lowest BCUT2D eigenvalue weighted by atomic mass is 9.88. The largest absolute Gasteiger partial charge is 0.353 e. The van der Waals surface area contributed by atoms with Crippen molar-refractivity contribution in [3.05, 3.63) is 0 Å². The smallest absolute Gasteiger partial charge is 0.225 e. The van der Waals surface area contributed by atoms with Crippen molar-refractivity contribution in [1.82, 2.24) is 5.32 Å². The molecule has 1 amide bonds. The van der Waals surface area contributed by atoms with Gasteiger partial charge in [0.25, 0.3) is 0 Å². The Morgan fingerprint density at radius 1 is 1.47 bits per heavy atom. The van der Waals surface area contributed by atoms with E-state index in [4.69, 9.17) is 11.6 Å². The second kappa shape index (κ2) is 5.20. The highest BCUT2D eigenvalue weighted by Crippen LogP contribution is 2.28. The third-order valence-electron chi connectivity index (χ3n) is 3.67. The maximum Gasteiger partial charge on any atom is 0.225 e. The van der Waals surface area contributed by atoms with Crippen LogP contribution < -0.4 is 5.32 Å². The first kappa shape index (κ1) is 12.8. The van der Waals surface area contributed by atoms with E-state index in [1.807, 2.05) is 20.8 Å². The molecule has 2 nitrogen and oxygen atoms in total. The summed E-state index contributed by atoms with van der Waals surface area (Å²) in [5, 5.41) is 3.15. The second-order valence-electron chi connectivity index (χ2n) is 5.16. The van der Waals surface area contributed by atoms with Crippen molar-refractivity contribution in [3.8, 4) is 0 Å². The molecule has 0 saturated heterocycles. The maximum absolute atomic E-state index is 12.0. The maximum atomic E-state index is 12.0. The summed E-state index contributed by atoms with van der Waals surface area (Å²) >= 11 is 5.88. The van der Waals surface area contributed by atoms with Gasteiger partial charge in [-0.25, -0.2) is 0 Å². The molecule has 0 heterocycles. The number of hydrogen-bond donors (Lipinski definition) is 1. The summed E-state index contributed by atoms with van der Waals surface area (Å²) in [6.07, 6.45) is 4.30. The van der Waals surface area contributed by atoms with Crippen molar-refractivity contribution >= 4 is 17.5 Å². The number of rotatable bonds is 4. The fourth-order valence-corrected chi connectivity index (χ4v) is 2.31. The van der Waals surface area contributed by atoms with Gasteiger partial charge in [0.15, 0.2) is 0 Å². The third-order valence-corrected chi connectivity index (χ3v) is 4.07. The van der Waals surface area contributed by atoms with E-state index in [9.17, 15) is 4.79 Å². The van der Waals surface area contributed by atoms with Crippen molar-refractivity contribution in [2.24, 2.45) is 11.3 Å². The van der Waals surface area contributed by atoms with Crippen LogP contribution in [0.3, 0.4) is 0 Å². The van der Waals surface area contributed by atoms with Gasteiger partial charge in [0.1, 0.15) is 0 Å². The molecule has 1 aliphatic carbocycles. The Balaban J connectivity index is 2.51. The van der Waals surface area contributed by atoms with E-state index in [-0.39, 0.29) is 11.3 Å². The van der Waals surface area contributed by atoms with E-state index >= 15 is 0 Å².